The average Bonchev–Trinajstić information content (AvgIpc) is 2.76. The van der Waals surface area contributed by atoms with Crippen molar-refractivity contribution in [2.24, 2.45) is 5.92 Å². The Morgan fingerprint density at radius 1 is 1.39 bits per heavy atom. The van der Waals surface area contributed by atoms with Gasteiger partial charge in [0.15, 0.2) is 0 Å². The van der Waals surface area contributed by atoms with Crippen LogP contribution in [0.15, 0.2) is 24.3 Å². The molecule has 18 heavy (non-hydrogen) atoms. The fourth-order valence-corrected chi connectivity index (χ4v) is 2.51. The van der Waals surface area contributed by atoms with Crippen LogP contribution in [0.2, 0.25) is 0 Å². The SMILES string of the molecule is CC(C)c1ccccc1NC(=O)C1NCCC1C. The van der Waals surface area contributed by atoms with Gasteiger partial charge in [0.2, 0.25) is 5.91 Å². The van der Waals surface area contributed by atoms with Crippen molar-refractivity contribution in [3.05, 3.63) is 29.8 Å². The molecule has 98 valence electrons. The van der Waals surface area contributed by atoms with Gasteiger partial charge in [-0.2, -0.15) is 0 Å². The third kappa shape index (κ3) is 2.72. The molecule has 1 aromatic rings. The van der Waals surface area contributed by atoms with E-state index in [0.717, 1.165) is 18.7 Å². The molecule has 1 fully saturated rings. The van der Waals surface area contributed by atoms with Crippen molar-refractivity contribution in [1.29, 1.82) is 0 Å². The van der Waals surface area contributed by atoms with Crippen LogP contribution in [0.1, 0.15) is 38.7 Å². The lowest BCUT2D eigenvalue weighted by Gasteiger charge is -2.18. The number of para-hydroxylation sites is 1. The highest BCUT2D eigenvalue weighted by atomic mass is 16.2. The maximum Gasteiger partial charge on any atom is 0.241 e. The van der Waals surface area contributed by atoms with E-state index in [1.165, 1.54) is 5.56 Å². The van der Waals surface area contributed by atoms with Crippen LogP contribution in [0, 0.1) is 5.92 Å². The minimum Gasteiger partial charge on any atom is -0.324 e. The van der Waals surface area contributed by atoms with Crippen LogP contribution < -0.4 is 10.6 Å². The van der Waals surface area contributed by atoms with Crippen molar-refractivity contribution in [3.8, 4) is 0 Å². The molecule has 3 nitrogen and oxygen atoms in total. The van der Waals surface area contributed by atoms with E-state index >= 15 is 0 Å². The van der Waals surface area contributed by atoms with Gasteiger partial charge in [0.05, 0.1) is 6.04 Å². The zero-order valence-corrected chi connectivity index (χ0v) is 11.4. The molecule has 0 aromatic heterocycles. The molecule has 0 radical (unpaired) electrons. The molecule has 2 rings (SSSR count). The summed E-state index contributed by atoms with van der Waals surface area (Å²) in [6, 6.07) is 7.98. The Morgan fingerprint density at radius 3 is 2.72 bits per heavy atom. The maximum atomic E-state index is 12.2. The van der Waals surface area contributed by atoms with Crippen LogP contribution in [0.4, 0.5) is 5.69 Å². The summed E-state index contributed by atoms with van der Waals surface area (Å²) in [4.78, 5) is 12.2. The average molecular weight is 246 g/mol. The standard InChI is InChI=1S/C15H22N2O/c1-10(2)12-6-4-5-7-13(12)17-15(18)14-11(3)8-9-16-14/h4-7,10-11,14,16H,8-9H2,1-3H3,(H,17,18). The summed E-state index contributed by atoms with van der Waals surface area (Å²) in [7, 11) is 0. The first-order valence-electron chi connectivity index (χ1n) is 6.72. The van der Waals surface area contributed by atoms with Crippen molar-refractivity contribution in [3.63, 3.8) is 0 Å². The number of benzene rings is 1. The molecule has 2 N–H and O–H groups in total. The highest BCUT2D eigenvalue weighted by molar-refractivity contribution is 5.96. The highest BCUT2D eigenvalue weighted by Gasteiger charge is 2.29. The van der Waals surface area contributed by atoms with Crippen molar-refractivity contribution >= 4 is 11.6 Å². The van der Waals surface area contributed by atoms with Gasteiger partial charge in [-0.15, -0.1) is 0 Å². The van der Waals surface area contributed by atoms with Gasteiger partial charge in [-0.25, -0.2) is 0 Å². The molecule has 2 atom stereocenters. The minimum atomic E-state index is -0.0507. The van der Waals surface area contributed by atoms with Crippen molar-refractivity contribution in [2.75, 3.05) is 11.9 Å². The summed E-state index contributed by atoms with van der Waals surface area (Å²) < 4.78 is 0. The Bertz CT molecular complexity index is 428. The van der Waals surface area contributed by atoms with E-state index in [1.54, 1.807) is 0 Å². The Balaban J connectivity index is 2.11. The first kappa shape index (κ1) is 13.1. The Labute approximate surface area is 109 Å². The number of rotatable bonds is 3. The molecule has 0 aliphatic carbocycles. The number of anilines is 1. The van der Waals surface area contributed by atoms with Crippen LogP contribution >= 0.6 is 0 Å². The lowest BCUT2D eigenvalue weighted by Crippen LogP contribution is -2.39. The fraction of sp³-hybridized carbons (Fsp3) is 0.533. The molecule has 3 heteroatoms. The number of amides is 1. The van der Waals surface area contributed by atoms with E-state index in [4.69, 9.17) is 0 Å². The summed E-state index contributed by atoms with van der Waals surface area (Å²) >= 11 is 0. The zero-order chi connectivity index (χ0) is 13.1. The number of hydrogen-bond donors (Lipinski definition) is 2. The normalized spacial score (nSPS) is 23.3. The number of nitrogens with one attached hydrogen (secondary N) is 2. The predicted octanol–water partition coefficient (Wildman–Crippen LogP) is 2.75. The number of carbonyl (C=O) groups excluding carboxylic acids is 1. The first-order chi connectivity index (χ1) is 8.59. The van der Waals surface area contributed by atoms with Crippen LogP contribution in [0.5, 0.6) is 0 Å². The molecular weight excluding hydrogens is 224 g/mol. The molecule has 1 aliphatic heterocycles. The highest BCUT2D eigenvalue weighted by Crippen LogP contribution is 2.24. The molecule has 1 aromatic carbocycles. The summed E-state index contributed by atoms with van der Waals surface area (Å²) in [5.74, 6) is 0.916. The van der Waals surface area contributed by atoms with Gasteiger partial charge in [0.1, 0.15) is 0 Å². The van der Waals surface area contributed by atoms with Crippen LogP contribution in [-0.4, -0.2) is 18.5 Å². The topological polar surface area (TPSA) is 41.1 Å². The van der Waals surface area contributed by atoms with Gasteiger partial charge in [-0.3, -0.25) is 4.79 Å². The zero-order valence-electron chi connectivity index (χ0n) is 11.4. The van der Waals surface area contributed by atoms with E-state index < -0.39 is 0 Å². The molecule has 1 amide bonds. The molecule has 1 saturated heterocycles. The number of hydrogen-bond acceptors (Lipinski definition) is 2. The third-order valence-electron chi connectivity index (χ3n) is 3.66. The lowest BCUT2D eigenvalue weighted by molar-refractivity contribution is -0.118. The quantitative estimate of drug-likeness (QED) is 0.861. The Morgan fingerprint density at radius 2 is 2.11 bits per heavy atom. The van der Waals surface area contributed by atoms with Gasteiger partial charge in [0, 0.05) is 5.69 Å². The van der Waals surface area contributed by atoms with Gasteiger partial charge in [-0.1, -0.05) is 39.0 Å². The molecule has 0 saturated carbocycles. The largest absolute Gasteiger partial charge is 0.324 e. The first-order valence-corrected chi connectivity index (χ1v) is 6.72. The van der Waals surface area contributed by atoms with Gasteiger partial charge in [-0.05, 0) is 36.4 Å². The molecule has 0 spiro atoms. The molecule has 1 aliphatic rings. The summed E-state index contributed by atoms with van der Waals surface area (Å²) in [6.07, 6.45) is 1.07. The van der Waals surface area contributed by atoms with E-state index in [0.29, 0.717) is 11.8 Å². The smallest absolute Gasteiger partial charge is 0.241 e. The maximum absolute atomic E-state index is 12.2. The van der Waals surface area contributed by atoms with Crippen LogP contribution in [0.25, 0.3) is 0 Å². The van der Waals surface area contributed by atoms with E-state index in [1.807, 2.05) is 18.2 Å². The molecule has 0 bridgehead atoms. The molecule has 1 heterocycles. The van der Waals surface area contributed by atoms with E-state index in [9.17, 15) is 4.79 Å². The fourth-order valence-electron chi connectivity index (χ4n) is 2.51. The monoisotopic (exact) mass is 246 g/mol. The minimum absolute atomic E-state index is 0.0507. The Kier molecular flexibility index (Phi) is 4.02. The second-order valence-electron chi connectivity index (χ2n) is 5.43. The second-order valence-corrected chi connectivity index (χ2v) is 5.43. The predicted molar refractivity (Wildman–Crippen MR) is 74.7 cm³/mol. The van der Waals surface area contributed by atoms with Gasteiger partial charge in [0.25, 0.3) is 0 Å². The van der Waals surface area contributed by atoms with Gasteiger partial charge < -0.3 is 10.6 Å². The lowest BCUT2D eigenvalue weighted by atomic mass is 9.99. The number of carbonyl (C=O) groups is 1. The summed E-state index contributed by atoms with van der Waals surface area (Å²) in [5.41, 5.74) is 2.13. The van der Waals surface area contributed by atoms with Crippen LogP contribution in [0.3, 0.4) is 0 Å². The van der Waals surface area contributed by atoms with Crippen molar-refractivity contribution in [2.45, 2.75) is 39.2 Å². The van der Waals surface area contributed by atoms with E-state index in [-0.39, 0.29) is 11.9 Å². The summed E-state index contributed by atoms with van der Waals surface area (Å²) in [5, 5.41) is 6.33. The third-order valence-corrected chi connectivity index (χ3v) is 3.66. The molecule has 2 unspecified atom stereocenters. The second kappa shape index (κ2) is 5.53. The van der Waals surface area contributed by atoms with E-state index in [2.05, 4.69) is 37.5 Å². The van der Waals surface area contributed by atoms with Crippen molar-refractivity contribution < 1.29 is 4.79 Å². The summed E-state index contributed by atoms with van der Waals surface area (Å²) in [6.45, 7) is 7.34. The van der Waals surface area contributed by atoms with Gasteiger partial charge >= 0.3 is 0 Å². The Hall–Kier alpha value is -1.35. The van der Waals surface area contributed by atoms with Crippen molar-refractivity contribution in [1.82, 2.24) is 5.32 Å². The van der Waals surface area contributed by atoms with Crippen LogP contribution in [-0.2, 0) is 4.79 Å². The molecular formula is C15H22N2O.